The molecule has 0 aliphatic carbocycles. The van der Waals surface area contributed by atoms with E-state index in [1.165, 1.54) is 25.2 Å². The molecule has 1 unspecified atom stereocenters. The summed E-state index contributed by atoms with van der Waals surface area (Å²) in [6.07, 6.45) is -0.195. The molecule has 1 aromatic rings. The van der Waals surface area contributed by atoms with Gasteiger partial charge in [0.1, 0.15) is 5.69 Å². The van der Waals surface area contributed by atoms with Gasteiger partial charge in [0, 0.05) is 19.7 Å². The number of ether oxygens (including phenoxy) is 2. The van der Waals surface area contributed by atoms with Gasteiger partial charge in [-0.2, -0.15) is 0 Å². The summed E-state index contributed by atoms with van der Waals surface area (Å²) >= 11 is 0. The van der Waals surface area contributed by atoms with Crippen LogP contribution in [0.3, 0.4) is 0 Å². The molecule has 0 spiro atoms. The number of nitro benzene ring substituents is 1. The first-order valence-corrected chi connectivity index (χ1v) is 6.56. The number of hydrogen-bond donors (Lipinski definition) is 2. The van der Waals surface area contributed by atoms with E-state index in [1.54, 1.807) is 0 Å². The number of para-hydroxylation sites is 1. The molecule has 8 nitrogen and oxygen atoms in total. The van der Waals surface area contributed by atoms with Gasteiger partial charge < -0.3 is 20.1 Å². The van der Waals surface area contributed by atoms with Crippen LogP contribution < -0.4 is 10.6 Å². The first-order chi connectivity index (χ1) is 10.1. The lowest BCUT2D eigenvalue weighted by Gasteiger charge is -2.23. The maximum Gasteiger partial charge on any atom is 0.293 e. The Hall–Kier alpha value is -2.19. The van der Waals surface area contributed by atoms with Crippen LogP contribution in [0.5, 0.6) is 0 Å². The standard InChI is InChI=1S/C13H17N3O5/c1-14-12-10(3-2-4-11(12)16(18)19)13(17)15-7-9-8-20-5-6-21-9/h2-4,9,14H,5-8H2,1H3,(H,15,17). The molecule has 2 rings (SSSR count). The fourth-order valence-corrected chi connectivity index (χ4v) is 2.10. The average Bonchev–Trinajstić information content (AvgIpc) is 2.52. The molecule has 1 aliphatic rings. The molecule has 2 N–H and O–H groups in total. The van der Waals surface area contributed by atoms with E-state index in [4.69, 9.17) is 9.47 Å². The number of nitrogens with zero attached hydrogens (tertiary/aromatic N) is 1. The van der Waals surface area contributed by atoms with Crippen LogP contribution in [0, 0.1) is 10.1 Å². The zero-order valence-corrected chi connectivity index (χ0v) is 11.6. The summed E-state index contributed by atoms with van der Waals surface area (Å²) in [4.78, 5) is 22.6. The van der Waals surface area contributed by atoms with E-state index in [1.807, 2.05) is 0 Å². The minimum atomic E-state index is -0.527. The Labute approximate surface area is 121 Å². The molecule has 1 fully saturated rings. The third-order valence-electron chi connectivity index (χ3n) is 3.11. The monoisotopic (exact) mass is 295 g/mol. The van der Waals surface area contributed by atoms with Gasteiger partial charge in [-0.15, -0.1) is 0 Å². The number of rotatable bonds is 5. The smallest absolute Gasteiger partial charge is 0.293 e. The molecule has 1 amide bonds. The van der Waals surface area contributed by atoms with Gasteiger partial charge in [-0.3, -0.25) is 14.9 Å². The summed E-state index contributed by atoms with van der Waals surface area (Å²) < 4.78 is 10.7. The second-order valence-corrected chi connectivity index (χ2v) is 4.48. The number of carbonyl (C=O) groups is 1. The highest BCUT2D eigenvalue weighted by molar-refractivity contribution is 6.01. The van der Waals surface area contributed by atoms with Gasteiger partial charge in [-0.05, 0) is 6.07 Å². The Morgan fingerprint density at radius 2 is 2.29 bits per heavy atom. The molecule has 8 heteroatoms. The lowest BCUT2D eigenvalue weighted by molar-refractivity contribution is -0.384. The van der Waals surface area contributed by atoms with Gasteiger partial charge in [-0.1, -0.05) is 6.07 Å². The Morgan fingerprint density at radius 1 is 1.48 bits per heavy atom. The second-order valence-electron chi connectivity index (χ2n) is 4.48. The zero-order chi connectivity index (χ0) is 15.2. The van der Waals surface area contributed by atoms with Crippen molar-refractivity contribution in [1.29, 1.82) is 0 Å². The third-order valence-corrected chi connectivity index (χ3v) is 3.11. The van der Waals surface area contributed by atoms with Gasteiger partial charge in [-0.25, -0.2) is 0 Å². The normalized spacial score (nSPS) is 18.0. The van der Waals surface area contributed by atoms with Crippen LogP contribution in [0.2, 0.25) is 0 Å². The third kappa shape index (κ3) is 3.67. The number of anilines is 1. The first kappa shape index (κ1) is 15.2. The van der Waals surface area contributed by atoms with Gasteiger partial charge >= 0.3 is 0 Å². The summed E-state index contributed by atoms with van der Waals surface area (Å²) in [6.45, 7) is 1.77. The van der Waals surface area contributed by atoms with E-state index in [0.717, 1.165) is 0 Å². The maximum atomic E-state index is 12.2. The Kier molecular flexibility index (Phi) is 5.07. The number of amides is 1. The summed E-state index contributed by atoms with van der Waals surface area (Å²) in [5, 5.41) is 16.4. The van der Waals surface area contributed by atoms with Crippen molar-refractivity contribution in [3.05, 3.63) is 33.9 Å². The van der Waals surface area contributed by atoms with E-state index in [2.05, 4.69) is 10.6 Å². The van der Waals surface area contributed by atoms with Crippen molar-refractivity contribution in [2.45, 2.75) is 6.10 Å². The molecule has 1 saturated heterocycles. The van der Waals surface area contributed by atoms with E-state index in [-0.39, 0.29) is 23.0 Å². The van der Waals surface area contributed by atoms with Crippen LogP contribution in [-0.4, -0.2) is 50.3 Å². The molecule has 114 valence electrons. The molecule has 1 heterocycles. The number of nitrogens with one attached hydrogen (secondary N) is 2. The van der Waals surface area contributed by atoms with Crippen LogP contribution in [0.15, 0.2) is 18.2 Å². The van der Waals surface area contributed by atoms with Crippen LogP contribution in [-0.2, 0) is 9.47 Å². The summed E-state index contributed by atoms with van der Waals surface area (Å²) in [5.74, 6) is -0.391. The van der Waals surface area contributed by atoms with Crippen molar-refractivity contribution >= 4 is 17.3 Å². The molecule has 0 saturated carbocycles. The largest absolute Gasteiger partial charge is 0.382 e. The number of carbonyl (C=O) groups excluding carboxylic acids is 1. The summed E-state index contributed by atoms with van der Waals surface area (Å²) in [6, 6.07) is 4.36. The molecule has 1 aromatic carbocycles. The molecule has 1 atom stereocenters. The van der Waals surface area contributed by atoms with Crippen molar-refractivity contribution in [3.63, 3.8) is 0 Å². The first-order valence-electron chi connectivity index (χ1n) is 6.56. The van der Waals surface area contributed by atoms with Gasteiger partial charge in [0.2, 0.25) is 0 Å². The highest BCUT2D eigenvalue weighted by Gasteiger charge is 2.22. The van der Waals surface area contributed by atoms with Gasteiger partial charge in [0.15, 0.2) is 0 Å². The minimum absolute atomic E-state index is 0.137. The Balaban J connectivity index is 2.07. The van der Waals surface area contributed by atoms with E-state index < -0.39 is 10.8 Å². The molecular formula is C13H17N3O5. The van der Waals surface area contributed by atoms with Gasteiger partial charge in [0.25, 0.3) is 11.6 Å². The fourth-order valence-electron chi connectivity index (χ4n) is 2.10. The predicted molar refractivity (Wildman–Crippen MR) is 75.5 cm³/mol. The molecular weight excluding hydrogens is 278 g/mol. The molecule has 0 aromatic heterocycles. The molecule has 0 radical (unpaired) electrons. The SMILES string of the molecule is CNc1c(C(=O)NCC2COCCO2)cccc1[N+](=O)[O-]. The van der Waals surface area contributed by atoms with E-state index in [0.29, 0.717) is 26.4 Å². The average molecular weight is 295 g/mol. The Morgan fingerprint density at radius 3 is 2.90 bits per heavy atom. The van der Waals surface area contributed by atoms with Crippen molar-refractivity contribution < 1.29 is 19.2 Å². The number of benzene rings is 1. The number of hydrogen-bond acceptors (Lipinski definition) is 6. The highest BCUT2D eigenvalue weighted by Crippen LogP contribution is 2.27. The van der Waals surface area contributed by atoms with Crippen molar-refractivity contribution in [1.82, 2.24) is 5.32 Å². The highest BCUT2D eigenvalue weighted by atomic mass is 16.6. The molecule has 0 bridgehead atoms. The van der Waals surface area contributed by atoms with Crippen LogP contribution >= 0.6 is 0 Å². The topological polar surface area (TPSA) is 103 Å². The second kappa shape index (κ2) is 7.00. The summed E-state index contributed by atoms with van der Waals surface area (Å²) in [7, 11) is 1.54. The quantitative estimate of drug-likeness (QED) is 0.614. The minimum Gasteiger partial charge on any atom is -0.382 e. The van der Waals surface area contributed by atoms with Crippen molar-refractivity contribution in [3.8, 4) is 0 Å². The lowest BCUT2D eigenvalue weighted by atomic mass is 10.1. The van der Waals surface area contributed by atoms with Crippen molar-refractivity contribution in [2.75, 3.05) is 38.7 Å². The van der Waals surface area contributed by atoms with E-state index >= 15 is 0 Å². The maximum absolute atomic E-state index is 12.2. The predicted octanol–water partition coefficient (Wildman–Crippen LogP) is 0.782. The fraction of sp³-hybridized carbons (Fsp3) is 0.462. The van der Waals surface area contributed by atoms with E-state index in [9.17, 15) is 14.9 Å². The summed E-state index contributed by atoms with van der Waals surface area (Å²) in [5.41, 5.74) is 0.284. The zero-order valence-electron chi connectivity index (χ0n) is 11.6. The van der Waals surface area contributed by atoms with Crippen LogP contribution in [0.1, 0.15) is 10.4 Å². The molecule has 1 aliphatic heterocycles. The van der Waals surface area contributed by atoms with Crippen molar-refractivity contribution in [2.24, 2.45) is 0 Å². The number of nitro groups is 1. The van der Waals surface area contributed by atoms with Gasteiger partial charge in [0.05, 0.1) is 36.4 Å². The van der Waals surface area contributed by atoms with Crippen LogP contribution in [0.4, 0.5) is 11.4 Å². The van der Waals surface area contributed by atoms with Crippen LogP contribution in [0.25, 0.3) is 0 Å². The Bertz CT molecular complexity index is 529. The lowest BCUT2D eigenvalue weighted by Crippen LogP contribution is -2.39. The molecule has 21 heavy (non-hydrogen) atoms.